The van der Waals surface area contributed by atoms with Crippen molar-refractivity contribution in [2.45, 2.75) is 124 Å². The normalized spacial score (nSPS) is 21.0. The van der Waals surface area contributed by atoms with Gasteiger partial charge in [0.25, 0.3) is 0 Å². The summed E-state index contributed by atoms with van der Waals surface area (Å²) in [6.07, 6.45) is -0.352. The molecule has 2 aliphatic heterocycles. The quantitative estimate of drug-likeness (QED) is 0.310. The van der Waals surface area contributed by atoms with Gasteiger partial charge in [0.1, 0.15) is 11.5 Å². The van der Waals surface area contributed by atoms with Crippen molar-refractivity contribution in [1.82, 2.24) is 0 Å². The van der Waals surface area contributed by atoms with E-state index in [9.17, 15) is 5.11 Å². The number of ether oxygens (including phenoxy) is 2. The largest absolute Gasteiger partial charge is 0.492 e. The average Bonchev–Trinajstić information content (AvgIpc) is 2.82. The first-order valence-electron chi connectivity index (χ1n) is 15.4. The van der Waals surface area contributed by atoms with Crippen molar-refractivity contribution in [3.8, 4) is 11.5 Å². The van der Waals surface area contributed by atoms with Crippen LogP contribution in [0.4, 0.5) is 0 Å². The van der Waals surface area contributed by atoms with Crippen molar-refractivity contribution < 1.29 is 19.0 Å². The number of aliphatic hydroxyl groups excluding tert-OH is 1. The van der Waals surface area contributed by atoms with Gasteiger partial charge in [0.2, 0.25) is 0 Å². The highest BCUT2D eigenvalue weighted by atomic mass is 79.9. The van der Waals surface area contributed by atoms with E-state index in [1.807, 2.05) is 38.1 Å². The molecule has 0 spiro atoms. The highest BCUT2D eigenvalue weighted by Gasteiger charge is 2.46. The van der Waals surface area contributed by atoms with Crippen LogP contribution in [-0.4, -0.2) is 34.7 Å². The number of hydrogen-bond donors (Lipinski definition) is 1. The van der Waals surface area contributed by atoms with Gasteiger partial charge in [0.15, 0.2) is 8.32 Å². The molecular formula is C35H58Br2O4Si2. The predicted octanol–water partition coefficient (Wildman–Crippen LogP) is 12.0. The molecule has 2 heterocycles. The Bertz CT molecular complexity index is 1230. The molecule has 0 radical (unpaired) electrons. The third-order valence-corrected chi connectivity index (χ3v) is 19.6. The number of rotatable bonds is 2. The topological polar surface area (TPSA) is 47.9 Å². The molecular weight excluding hydrogens is 700 g/mol. The van der Waals surface area contributed by atoms with Gasteiger partial charge in [0.05, 0.1) is 25.4 Å². The van der Waals surface area contributed by atoms with Crippen LogP contribution >= 0.6 is 31.9 Å². The SMILES string of the molecule is CC(C)(C)[Si](C)(C)C.CC1(C)COc2cc(Br)ccc2C1O.CC1(C)COc2cc(Br)ccc2C1O[Si](C)(C)C(C)(C)C. The number of hydrogen-bond acceptors (Lipinski definition) is 4. The van der Waals surface area contributed by atoms with Crippen LogP contribution < -0.4 is 9.47 Å². The van der Waals surface area contributed by atoms with E-state index in [2.05, 4.69) is 132 Å². The lowest BCUT2D eigenvalue weighted by Crippen LogP contribution is -2.46. The summed E-state index contributed by atoms with van der Waals surface area (Å²) in [6, 6.07) is 12.0. The third-order valence-electron chi connectivity index (χ3n) is 9.65. The van der Waals surface area contributed by atoms with E-state index in [1.165, 1.54) is 5.56 Å². The first-order valence-corrected chi connectivity index (χ1v) is 23.4. The maximum absolute atomic E-state index is 10.1. The molecule has 2 aromatic rings. The van der Waals surface area contributed by atoms with Crippen LogP contribution in [0.2, 0.25) is 42.8 Å². The second kappa shape index (κ2) is 13.6. The molecule has 43 heavy (non-hydrogen) atoms. The molecule has 0 amide bonds. The molecule has 244 valence electrons. The maximum Gasteiger partial charge on any atom is 0.192 e. The lowest BCUT2D eigenvalue weighted by Gasteiger charge is -2.46. The molecule has 4 nitrogen and oxygen atoms in total. The molecule has 0 aromatic heterocycles. The number of fused-ring (bicyclic) bond motifs is 2. The highest BCUT2D eigenvalue weighted by molar-refractivity contribution is 9.10. The van der Waals surface area contributed by atoms with E-state index in [0.717, 1.165) is 26.0 Å². The molecule has 0 aliphatic carbocycles. The molecule has 0 saturated heterocycles. The van der Waals surface area contributed by atoms with Crippen molar-refractivity contribution >= 4 is 48.3 Å². The minimum Gasteiger partial charge on any atom is -0.492 e. The van der Waals surface area contributed by atoms with Crippen LogP contribution in [0.3, 0.4) is 0 Å². The average molecular weight is 759 g/mol. The van der Waals surface area contributed by atoms with Gasteiger partial charge >= 0.3 is 0 Å². The fourth-order valence-corrected chi connectivity index (χ4v) is 6.00. The van der Waals surface area contributed by atoms with Gasteiger partial charge in [-0.05, 0) is 47.4 Å². The Kier molecular flexibility index (Phi) is 12.2. The molecule has 2 unspecified atom stereocenters. The van der Waals surface area contributed by atoms with E-state index in [0.29, 0.717) is 18.3 Å². The summed E-state index contributed by atoms with van der Waals surface area (Å²) in [7, 11) is -2.69. The highest BCUT2D eigenvalue weighted by Crippen LogP contribution is 2.50. The van der Waals surface area contributed by atoms with Crippen LogP contribution in [0, 0.1) is 10.8 Å². The van der Waals surface area contributed by atoms with E-state index >= 15 is 0 Å². The monoisotopic (exact) mass is 756 g/mol. The van der Waals surface area contributed by atoms with Crippen LogP contribution in [0.5, 0.6) is 11.5 Å². The lowest BCUT2D eigenvalue weighted by molar-refractivity contribution is -0.00722. The van der Waals surface area contributed by atoms with E-state index in [1.54, 1.807) is 0 Å². The molecule has 1 N–H and O–H groups in total. The molecule has 2 aromatic carbocycles. The zero-order valence-electron chi connectivity index (χ0n) is 29.5. The van der Waals surface area contributed by atoms with Crippen LogP contribution in [0.15, 0.2) is 45.3 Å². The van der Waals surface area contributed by atoms with Crippen molar-refractivity contribution in [2.75, 3.05) is 13.2 Å². The van der Waals surface area contributed by atoms with E-state index in [4.69, 9.17) is 13.9 Å². The van der Waals surface area contributed by atoms with Gasteiger partial charge in [-0.2, -0.15) is 0 Å². The van der Waals surface area contributed by atoms with Crippen molar-refractivity contribution in [2.24, 2.45) is 10.8 Å². The number of aliphatic hydroxyl groups is 1. The summed E-state index contributed by atoms with van der Waals surface area (Å²) < 4.78 is 20.3. The standard InChI is InChI=1S/C17H27BrO2Si.C11H13BrO2.C7H18Si/c1-16(2,3)21(6,7)20-15-13-9-8-12(18)10-14(13)19-11-17(15,4)5;1-11(2)6-14-9-5-7(12)3-4-8(9)10(11)13;1-7(2,3)8(4,5)6/h8-10,15H,11H2,1-7H3;3-5,10,13H,6H2,1-2H3;1-6H3. The van der Waals surface area contributed by atoms with Gasteiger partial charge in [-0.25, -0.2) is 0 Å². The molecule has 0 saturated carbocycles. The third kappa shape index (κ3) is 9.92. The zero-order valence-corrected chi connectivity index (χ0v) is 34.6. The Balaban J connectivity index is 0.000000252. The summed E-state index contributed by atoms with van der Waals surface area (Å²) in [5.41, 5.74) is 1.83. The predicted molar refractivity (Wildman–Crippen MR) is 196 cm³/mol. The van der Waals surface area contributed by atoms with Gasteiger partial charge in [0, 0.05) is 39.0 Å². The van der Waals surface area contributed by atoms with E-state index in [-0.39, 0.29) is 22.0 Å². The van der Waals surface area contributed by atoms with Gasteiger partial charge in [-0.1, -0.05) is 133 Å². The zero-order chi connectivity index (χ0) is 33.4. The van der Waals surface area contributed by atoms with Crippen LogP contribution in [-0.2, 0) is 4.43 Å². The maximum atomic E-state index is 10.1. The minimum absolute atomic E-state index is 0.0175. The van der Waals surface area contributed by atoms with Crippen molar-refractivity contribution in [3.05, 3.63) is 56.5 Å². The van der Waals surface area contributed by atoms with Crippen LogP contribution in [0.1, 0.15) is 92.6 Å². The molecule has 4 rings (SSSR count). The summed E-state index contributed by atoms with van der Waals surface area (Å²) >= 11 is 6.90. The van der Waals surface area contributed by atoms with Crippen LogP contribution in [0.25, 0.3) is 0 Å². The molecule has 0 bridgehead atoms. The summed E-state index contributed by atoms with van der Waals surface area (Å²) in [5.74, 6) is 1.73. The van der Waals surface area contributed by atoms with Gasteiger partial charge in [-0.15, -0.1) is 0 Å². The Morgan fingerprint density at radius 3 is 1.53 bits per heavy atom. The molecule has 2 atom stereocenters. The summed E-state index contributed by atoms with van der Waals surface area (Å²) in [5, 5.41) is 10.9. The molecule has 8 heteroatoms. The number of benzene rings is 2. The van der Waals surface area contributed by atoms with Crippen molar-refractivity contribution in [3.63, 3.8) is 0 Å². The summed E-state index contributed by atoms with van der Waals surface area (Å²) in [4.78, 5) is 0. The lowest BCUT2D eigenvalue weighted by atomic mass is 9.81. The van der Waals surface area contributed by atoms with E-state index < -0.39 is 22.5 Å². The Morgan fingerprint density at radius 2 is 1.12 bits per heavy atom. The Labute approximate surface area is 282 Å². The second-order valence-electron chi connectivity index (χ2n) is 17.1. The minimum atomic E-state index is -1.83. The second-order valence-corrected chi connectivity index (χ2v) is 29.7. The fourth-order valence-electron chi connectivity index (χ4n) is 3.93. The first kappa shape index (κ1) is 38.5. The van der Waals surface area contributed by atoms with Crippen molar-refractivity contribution in [1.29, 1.82) is 0 Å². The molecule has 2 aliphatic rings. The van der Waals surface area contributed by atoms with Gasteiger partial charge < -0.3 is 19.0 Å². The Hall–Kier alpha value is -0.646. The van der Waals surface area contributed by atoms with Gasteiger partial charge in [-0.3, -0.25) is 0 Å². The fraction of sp³-hybridized carbons (Fsp3) is 0.657. The summed E-state index contributed by atoms with van der Waals surface area (Å²) in [6.45, 7) is 35.4. The molecule has 0 fully saturated rings. The smallest absolute Gasteiger partial charge is 0.192 e. The first-order chi connectivity index (χ1) is 19.2. The Morgan fingerprint density at radius 1 is 0.721 bits per heavy atom. The number of halogens is 2.